The minimum Gasteiger partial charge on any atom is -0.368 e. The number of carbonyl (C=O) groups is 1. The van der Waals surface area contributed by atoms with Gasteiger partial charge in [-0.1, -0.05) is 0 Å². The van der Waals surface area contributed by atoms with E-state index in [1.807, 2.05) is 0 Å². The third kappa shape index (κ3) is 0.901. The van der Waals surface area contributed by atoms with Crippen molar-refractivity contribution in [2.45, 2.75) is 31.3 Å². The van der Waals surface area contributed by atoms with Crippen LogP contribution < -0.4 is 11.1 Å². The molecule has 3 N–H and O–H groups in total. The first-order chi connectivity index (χ1) is 5.68. The number of carbonyl (C=O) groups excluding carboxylic acids is 1. The number of nitrogens with one attached hydrogen (secondary N) is 1. The molecule has 0 aromatic carbocycles. The van der Waals surface area contributed by atoms with Gasteiger partial charge in [-0.05, 0) is 12.8 Å². The third-order valence-electron chi connectivity index (χ3n) is 2.98. The van der Waals surface area contributed by atoms with Gasteiger partial charge in [0.1, 0.15) is 0 Å². The number of nitrogens with two attached hydrogens (primary N) is 1. The SMILES string of the molecule is N#CCC12CC(C(N)=O)NC1C2. The Balaban J connectivity index is 2.02. The first kappa shape index (κ1) is 7.56. The van der Waals surface area contributed by atoms with Gasteiger partial charge in [0.15, 0.2) is 0 Å². The predicted molar refractivity (Wildman–Crippen MR) is 41.8 cm³/mol. The van der Waals surface area contributed by atoms with Crippen LogP contribution in [0.3, 0.4) is 0 Å². The molecule has 1 saturated carbocycles. The van der Waals surface area contributed by atoms with Gasteiger partial charge in [0.05, 0.1) is 12.1 Å². The fourth-order valence-electron chi connectivity index (χ4n) is 2.12. The number of rotatable bonds is 2. The van der Waals surface area contributed by atoms with Crippen LogP contribution in [0.5, 0.6) is 0 Å². The summed E-state index contributed by atoms with van der Waals surface area (Å²) >= 11 is 0. The topological polar surface area (TPSA) is 78.9 Å². The van der Waals surface area contributed by atoms with Crippen LogP contribution in [0, 0.1) is 16.7 Å². The number of piperidine rings is 1. The number of hydrogen-bond donors (Lipinski definition) is 2. The molecule has 0 aromatic heterocycles. The summed E-state index contributed by atoms with van der Waals surface area (Å²) in [6.07, 6.45) is 2.33. The Hall–Kier alpha value is -1.08. The van der Waals surface area contributed by atoms with E-state index in [-0.39, 0.29) is 17.4 Å². The standard InChI is InChI=1S/C8H11N3O/c9-2-1-8-3-5(7(10)12)11-6(8)4-8/h5-6,11H,1,3-4H2,(H2,10,12). The smallest absolute Gasteiger partial charge is 0.234 e. The van der Waals surface area contributed by atoms with E-state index in [9.17, 15) is 4.79 Å². The van der Waals surface area contributed by atoms with E-state index in [4.69, 9.17) is 11.0 Å². The Morgan fingerprint density at radius 3 is 3.00 bits per heavy atom. The summed E-state index contributed by atoms with van der Waals surface area (Å²) in [7, 11) is 0. The van der Waals surface area contributed by atoms with Gasteiger partial charge in [0.25, 0.3) is 0 Å². The Morgan fingerprint density at radius 2 is 2.50 bits per heavy atom. The van der Waals surface area contributed by atoms with Crippen molar-refractivity contribution >= 4 is 5.91 Å². The molecule has 1 aliphatic carbocycles. The molecule has 1 heterocycles. The lowest BCUT2D eigenvalue weighted by molar-refractivity contribution is -0.120. The molecule has 2 rings (SSSR count). The maximum atomic E-state index is 10.8. The van der Waals surface area contributed by atoms with E-state index in [0.29, 0.717) is 12.5 Å². The summed E-state index contributed by atoms with van der Waals surface area (Å²) in [4.78, 5) is 10.8. The first-order valence-electron chi connectivity index (χ1n) is 4.10. The largest absolute Gasteiger partial charge is 0.368 e. The lowest BCUT2D eigenvalue weighted by Crippen LogP contribution is -2.38. The summed E-state index contributed by atoms with van der Waals surface area (Å²) in [5.74, 6) is -0.292. The average molecular weight is 165 g/mol. The number of nitrogens with zero attached hydrogens (tertiary/aromatic N) is 1. The molecule has 12 heavy (non-hydrogen) atoms. The van der Waals surface area contributed by atoms with Crippen molar-refractivity contribution in [3.05, 3.63) is 0 Å². The van der Waals surface area contributed by atoms with Gasteiger partial charge in [-0.2, -0.15) is 5.26 Å². The zero-order chi connectivity index (χ0) is 8.77. The van der Waals surface area contributed by atoms with Gasteiger partial charge in [-0.15, -0.1) is 0 Å². The van der Waals surface area contributed by atoms with Crippen LogP contribution in [0.2, 0.25) is 0 Å². The quantitative estimate of drug-likeness (QED) is 0.579. The lowest BCUT2D eigenvalue weighted by Gasteiger charge is -2.09. The van der Waals surface area contributed by atoms with Gasteiger partial charge in [-0.25, -0.2) is 0 Å². The number of amides is 1. The van der Waals surface area contributed by atoms with Crippen LogP contribution in [-0.4, -0.2) is 18.0 Å². The van der Waals surface area contributed by atoms with Crippen LogP contribution in [0.15, 0.2) is 0 Å². The number of fused-ring (bicyclic) bond motifs is 1. The summed E-state index contributed by atoms with van der Waals surface area (Å²) in [5.41, 5.74) is 5.24. The molecule has 3 unspecified atom stereocenters. The zero-order valence-electron chi connectivity index (χ0n) is 6.71. The van der Waals surface area contributed by atoms with E-state index < -0.39 is 0 Å². The van der Waals surface area contributed by atoms with Crippen molar-refractivity contribution in [1.29, 1.82) is 5.26 Å². The van der Waals surface area contributed by atoms with Crippen LogP contribution in [0.4, 0.5) is 0 Å². The fraction of sp³-hybridized carbons (Fsp3) is 0.750. The summed E-state index contributed by atoms with van der Waals surface area (Å²) < 4.78 is 0. The van der Waals surface area contributed by atoms with Gasteiger partial charge < -0.3 is 11.1 Å². The minimum absolute atomic E-state index is 0.0917. The molecule has 1 saturated heterocycles. The minimum atomic E-state index is -0.292. The molecule has 2 aliphatic rings. The maximum Gasteiger partial charge on any atom is 0.234 e. The van der Waals surface area contributed by atoms with Crippen LogP contribution in [-0.2, 0) is 4.79 Å². The Bertz CT molecular complexity index is 270. The second-order valence-electron chi connectivity index (χ2n) is 3.78. The highest BCUT2D eigenvalue weighted by molar-refractivity contribution is 5.80. The molecule has 3 atom stereocenters. The van der Waals surface area contributed by atoms with E-state index in [0.717, 1.165) is 12.8 Å². The highest BCUT2D eigenvalue weighted by Gasteiger charge is 2.60. The van der Waals surface area contributed by atoms with E-state index in [2.05, 4.69) is 11.4 Å². The van der Waals surface area contributed by atoms with Gasteiger partial charge in [-0.3, -0.25) is 4.79 Å². The summed E-state index contributed by atoms with van der Waals surface area (Å²) in [5, 5.41) is 11.7. The molecule has 0 aromatic rings. The number of primary amides is 1. The molecule has 1 aliphatic heterocycles. The second kappa shape index (κ2) is 2.20. The molecule has 64 valence electrons. The van der Waals surface area contributed by atoms with Crippen molar-refractivity contribution in [3.8, 4) is 6.07 Å². The first-order valence-corrected chi connectivity index (χ1v) is 4.10. The Labute approximate surface area is 70.7 Å². The average Bonchev–Trinajstić information content (AvgIpc) is 2.54. The van der Waals surface area contributed by atoms with Gasteiger partial charge in [0.2, 0.25) is 5.91 Å². The van der Waals surface area contributed by atoms with Crippen molar-refractivity contribution in [2.24, 2.45) is 11.1 Å². The van der Waals surface area contributed by atoms with Crippen molar-refractivity contribution < 1.29 is 4.79 Å². The van der Waals surface area contributed by atoms with Crippen molar-refractivity contribution in [1.82, 2.24) is 5.32 Å². The molecule has 0 radical (unpaired) electrons. The normalized spacial score (nSPS) is 43.2. The van der Waals surface area contributed by atoms with Crippen molar-refractivity contribution in [2.75, 3.05) is 0 Å². The van der Waals surface area contributed by atoms with E-state index in [1.165, 1.54) is 0 Å². The van der Waals surface area contributed by atoms with Crippen molar-refractivity contribution in [3.63, 3.8) is 0 Å². The van der Waals surface area contributed by atoms with E-state index >= 15 is 0 Å². The molecule has 0 bridgehead atoms. The summed E-state index contributed by atoms with van der Waals surface area (Å²) in [6, 6.07) is 2.33. The van der Waals surface area contributed by atoms with Crippen LogP contribution in [0.25, 0.3) is 0 Å². The molecular weight excluding hydrogens is 154 g/mol. The molecule has 1 amide bonds. The Kier molecular flexibility index (Phi) is 1.39. The maximum absolute atomic E-state index is 10.8. The second-order valence-corrected chi connectivity index (χ2v) is 3.78. The molecule has 2 fully saturated rings. The number of nitriles is 1. The van der Waals surface area contributed by atoms with Crippen LogP contribution in [0.1, 0.15) is 19.3 Å². The lowest BCUT2D eigenvalue weighted by atomic mass is 9.96. The summed E-state index contributed by atoms with van der Waals surface area (Å²) in [6.45, 7) is 0. The molecule has 0 spiro atoms. The monoisotopic (exact) mass is 165 g/mol. The highest BCUT2D eigenvalue weighted by atomic mass is 16.1. The fourth-order valence-corrected chi connectivity index (χ4v) is 2.12. The highest BCUT2D eigenvalue weighted by Crippen LogP contribution is 2.56. The zero-order valence-corrected chi connectivity index (χ0v) is 6.71. The van der Waals surface area contributed by atoms with Gasteiger partial charge in [0, 0.05) is 17.9 Å². The third-order valence-corrected chi connectivity index (χ3v) is 2.98. The molecule has 4 nitrogen and oxygen atoms in total. The molecule has 4 heteroatoms. The van der Waals surface area contributed by atoms with Gasteiger partial charge >= 0.3 is 0 Å². The Morgan fingerprint density at radius 1 is 1.75 bits per heavy atom. The molecular formula is C8H11N3O. The number of hydrogen-bond acceptors (Lipinski definition) is 3. The van der Waals surface area contributed by atoms with Crippen LogP contribution >= 0.6 is 0 Å². The van der Waals surface area contributed by atoms with E-state index in [1.54, 1.807) is 0 Å². The predicted octanol–water partition coefficient (Wildman–Crippen LogP) is -0.494.